The summed E-state index contributed by atoms with van der Waals surface area (Å²) in [5.41, 5.74) is 1.14. The summed E-state index contributed by atoms with van der Waals surface area (Å²) >= 11 is 0. The van der Waals surface area contributed by atoms with Gasteiger partial charge in [-0.3, -0.25) is 9.59 Å². The highest BCUT2D eigenvalue weighted by Crippen LogP contribution is 2.53. The van der Waals surface area contributed by atoms with E-state index in [1.807, 2.05) is 11.8 Å². The van der Waals surface area contributed by atoms with Crippen LogP contribution in [0.15, 0.2) is 11.6 Å². The Morgan fingerprint density at radius 3 is 2.43 bits per heavy atom. The van der Waals surface area contributed by atoms with Crippen LogP contribution in [-0.2, 0) is 23.8 Å². The molecule has 4 aliphatic rings. The van der Waals surface area contributed by atoms with Crippen molar-refractivity contribution in [3.63, 3.8) is 0 Å². The van der Waals surface area contributed by atoms with Crippen LogP contribution in [0.5, 0.6) is 0 Å². The smallest absolute Gasteiger partial charge is 0.313 e. The van der Waals surface area contributed by atoms with Crippen molar-refractivity contribution in [2.75, 3.05) is 13.2 Å². The summed E-state index contributed by atoms with van der Waals surface area (Å²) in [6, 6.07) is 0.232. The highest BCUT2D eigenvalue weighted by molar-refractivity contribution is 5.85. The fourth-order valence-corrected chi connectivity index (χ4v) is 6.02. The average Bonchev–Trinajstić information content (AvgIpc) is 3.17. The number of rotatable bonds is 3. The van der Waals surface area contributed by atoms with Gasteiger partial charge >= 0.3 is 5.97 Å². The van der Waals surface area contributed by atoms with Gasteiger partial charge in [0.15, 0.2) is 5.79 Å². The minimum Gasteiger partial charge on any atom is -0.462 e. The van der Waals surface area contributed by atoms with Crippen LogP contribution in [0.4, 0.5) is 0 Å². The van der Waals surface area contributed by atoms with Crippen molar-refractivity contribution >= 4 is 11.9 Å². The lowest BCUT2D eigenvalue weighted by Crippen LogP contribution is -2.53. The first kappa shape index (κ1) is 19.9. The minimum atomic E-state index is -0.563. The van der Waals surface area contributed by atoms with Gasteiger partial charge in [0, 0.05) is 30.8 Å². The Morgan fingerprint density at radius 1 is 1.18 bits per heavy atom. The van der Waals surface area contributed by atoms with E-state index in [1.165, 1.54) is 0 Å². The van der Waals surface area contributed by atoms with E-state index in [4.69, 9.17) is 14.2 Å². The Morgan fingerprint density at radius 2 is 1.82 bits per heavy atom. The molecule has 3 fully saturated rings. The Kier molecular flexibility index (Phi) is 5.07. The molecule has 5 atom stereocenters. The summed E-state index contributed by atoms with van der Waals surface area (Å²) in [6.07, 6.45) is 4.13. The maximum absolute atomic E-state index is 13.8. The molecule has 0 aromatic rings. The van der Waals surface area contributed by atoms with E-state index in [1.54, 1.807) is 0 Å². The molecule has 1 spiro atoms. The number of amides is 1. The van der Waals surface area contributed by atoms with Gasteiger partial charge < -0.3 is 19.1 Å². The Balaban J connectivity index is 1.71. The largest absolute Gasteiger partial charge is 0.462 e. The number of carbonyl (C=O) groups excluding carboxylic acids is 2. The van der Waals surface area contributed by atoms with Crippen molar-refractivity contribution in [3.05, 3.63) is 11.6 Å². The molecule has 4 rings (SSSR count). The van der Waals surface area contributed by atoms with Gasteiger partial charge in [-0.1, -0.05) is 11.6 Å². The van der Waals surface area contributed by atoms with Crippen LogP contribution in [0.1, 0.15) is 53.9 Å². The highest BCUT2D eigenvalue weighted by Gasteiger charge is 2.57. The molecule has 1 saturated carbocycles. The number of cyclic esters (lactones) is 1. The second-order valence-corrected chi connectivity index (χ2v) is 9.38. The van der Waals surface area contributed by atoms with Gasteiger partial charge in [-0.2, -0.15) is 0 Å². The van der Waals surface area contributed by atoms with E-state index in [0.29, 0.717) is 19.6 Å². The third kappa shape index (κ3) is 3.09. The molecule has 0 aromatic heterocycles. The fourth-order valence-electron chi connectivity index (χ4n) is 6.02. The predicted octanol–water partition coefficient (Wildman–Crippen LogP) is 2.91. The summed E-state index contributed by atoms with van der Waals surface area (Å²) in [5.74, 6) is -1.13. The molecule has 6 heteroatoms. The van der Waals surface area contributed by atoms with Gasteiger partial charge in [-0.05, 0) is 47.0 Å². The van der Waals surface area contributed by atoms with Crippen molar-refractivity contribution < 1.29 is 23.8 Å². The zero-order chi connectivity index (χ0) is 20.2. The van der Waals surface area contributed by atoms with Gasteiger partial charge in [-0.15, -0.1) is 0 Å². The number of nitrogens with zero attached hydrogens (tertiary/aromatic N) is 1. The van der Waals surface area contributed by atoms with Gasteiger partial charge in [-0.25, -0.2) is 0 Å². The molecule has 1 unspecified atom stereocenters. The van der Waals surface area contributed by atoms with Crippen molar-refractivity contribution in [2.24, 2.45) is 23.7 Å². The first-order chi connectivity index (χ1) is 13.2. The van der Waals surface area contributed by atoms with Crippen LogP contribution in [0.3, 0.4) is 0 Å². The maximum Gasteiger partial charge on any atom is 0.313 e. The van der Waals surface area contributed by atoms with Gasteiger partial charge in [0.2, 0.25) is 5.91 Å². The molecular weight excluding hydrogens is 358 g/mol. The Bertz CT molecular complexity index is 670. The van der Waals surface area contributed by atoms with E-state index < -0.39 is 5.79 Å². The number of fused-ring (bicyclic) bond motifs is 2. The van der Waals surface area contributed by atoms with Crippen molar-refractivity contribution in [2.45, 2.75) is 77.9 Å². The molecule has 1 amide bonds. The molecule has 0 bridgehead atoms. The molecule has 156 valence electrons. The summed E-state index contributed by atoms with van der Waals surface area (Å²) in [7, 11) is 0. The first-order valence-electron chi connectivity index (χ1n) is 10.8. The standard InChI is InChI=1S/C22H33NO5/c1-12(2)23(13(3)4)20(24)19-16-6-7-22(26-8-9-27-22)11-15(16)10-17-18(19)14(5)28-21(17)25/h10,12-14,16-19H,6-9,11H2,1-5H3/t14?,16-,17-,18-,19+/m1/s1. The molecule has 2 heterocycles. The Hall–Kier alpha value is -1.40. The quantitative estimate of drug-likeness (QED) is 0.547. The molecule has 2 aliphatic heterocycles. The Labute approximate surface area is 167 Å². The molecule has 2 aliphatic carbocycles. The number of carbonyl (C=O) groups is 2. The first-order valence-corrected chi connectivity index (χ1v) is 10.8. The normalized spacial score (nSPS) is 36.3. The topological polar surface area (TPSA) is 65.1 Å². The highest BCUT2D eigenvalue weighted by atomic mass is 16.7. The molecular formula is C22H33NO5. The second kappa shape index (κ2) is 7.13. The van der Waals surface area contributed by atoms with E-state index in [-0.39, 0.29) is 53.7 Å². The SMILES string of the molecule is CC1OC(=O)[C@@H]2C=C3CC4(CC[C@H]3[C@H](C(=O)N(C(C)C)C(C)C)[C@H]12)OCCO4. The van der Waals surface area contributed by atoms with Crippen molar-refractivity contribution in [3.8, 4) is 0 Å². The molecule has 2 saturated heterocycles. The van der Waals surface area contributed by atoms with Crippen molar-refractivity contribution in [1.82, 2.24) is 4.90 Å². The van der Waals surface area contributed by atoms with E-state index >= 15 is 0 Å². The second-order valence-electron chi connectivity index (χ2n) is 9.38. The van der Waals surface area contributed by atoms with Crippen molar-refractivity contribution in [1.29, 1.82) is 0 Å². The summed E-state index contributed by atoms with van der Waals surface area (Å²) in [5, 5.41) is 0. The fraction of sp³-hybridized carbons (Fsp3) is 0.818. The van der Waals surface area contributed by atoms with Crippen LogP contribution < -0.4 is 0 Å². The summed E-state index contributed by atoms with van der Waals surface area (Å²) in [4.78, 5) is 28.4. The van der Waals surface area contributed by atoms with E-state index in [0.717, 1.165) is 18.4 Å². The minimum absolute atomic E-state index is 0.0896. The van der Waals surface area contributed by atoms with Crippen LogP contribution in [0.25, 0.3) is 0 Å². The summed E-state index contributed by atoms with van der Waals surface area (Å²) in [6.45, 7) is 11.4. The third-order valence-corrected chi connectivity index (χ3v) is 7.02. The lowest BCUT2D eigenvalue weighted by Gasteiger charge is -2.47. The zero-order valence-electron chi connectivity index (χ0n) is 17.6. The lowest BCUT2D eigenvalue weighted by molar-refractivity contribution is -0.177. The number of hydrogen-bond donors (Lipinski definition) is 0. The predicted molar refractivity (Wildman–Crippen MR) is 103 cm³/mol. The monoisotopic (exact) mass is 391 g/mol. The van der Waals surface area contributed by atoms with Crippen LogP contribution in [-0.4, -0.2) is 54.0 Å². The zero-order valence-corrected chi connectivity index (χ0v) is 17.6. The van der Waals surface area contributed by atoms with E-state index in [9.17, 15) is 9.59 Å². The van der Waals surface area contributed by atoms with Gasteiger partial charge in [0.05, 0.1) is 25.0 Å². The summed E-state index contributed by atoms with van der Waals surface area (Å²) < 4.78 is 17.5. The molecule has 6 nitrogen and oxygen atoms in total. The molecule has 28 heavy (non-hydrogen) atoms. The number of esters is 1. The van der Waals surface area contributed by atoms with E-state index in [2.05, 4.69) is 33.8 Å². The third-order valence-electron chi connectivity index (χ3n) is 7.02. The van der Waals surface area contributed by atoms with Crippen LogP contribution in [0, 0.1) is 23.7 Å². The number of ether oxygens (including phenoxy) is 3. The average molecular weight is 392 g/mol. The lowest BCUT2D eigenvalue weighted by atomic mass is 9.61. The molecule has 0 radical (unpaired) electrons. The van der Waals surface area contributed by atoms with Crippen LogP contribution >= 0.6 is 0 Å². The maximum atomic E-state index is 13.8. The molecule has 0 aromatic carbocycles. The van der Waals surface area contributed by atoms with Gasteiger partial charge in [0.25, 0.3) is 0 Å². The van der Waals surface area contributed by atoms with Crippen LogP contribution in [0.2, 0.25) is 0 Å². The number of hydrogen-bond acceptors (Lipinski definition) is 5. The van der Waals surface area contributed by atoms with Gasteiger partial charge in [0.1, 0.15) is 6.10 Å². The molecule has 0 N–H and O–H groups in total.